The van der Waals surface area contributed by atoms with Crippen molar-refractivity contribution in [3.8, 4) is 0 Å². The van der Waals surface area contributed by atoms with E-state index in [9.17, 15) is 0 Å². The second-order valence-electron chi connectivity index (χ2n) is 9.23. The molecule has 0 heterocycles. The molecule has 0 N–H and O–H groups in total. The summed E-state index contributed by atoms with van der Waals surface area (Å²) in [7, 11) is 0. The Balaban J connectivity index is 0.000000339. The maximum absolute atomic E-state index is 2.37. The van der Waals surface area contributed by atoms with Gasteiger partial charge < -0.3 is 0 Å². The highest BCUT2D eigenvalue weighted by Gasteiger charge is 2.13. The molecule has 0 aliphatic heterocycles. The van der Waals surface area contributed by atoms with Crippen molar-refractivity contribution in [2.75, 3.05) is 0 Å². The van der Waals surface area contributed by atoms with Crippen LogP contribution in [-0.4, -0.2) is 0 Å². The maximum atomic E-state index is 2.37. The van der Waals surface area contributed by atoms with Crippen LogP contribution in [0.1, 0.15) is 107 Å². The van der Waals surface area contributed by atoms with E-state index < -0.39 is 0 Å². The van der Waals surface area contributed by atoms with Crippen LogP contribution in [0, 0.1) is 23.7 Å². The normalized spacial score (nSPS) is 33.1. The first kappa shape index (κ1) is 21.5. The van der Waals surface area contributed by atoms with Gasteiger partial charge in [0, 0.05) is 1.43 Å². The van der Waals surface area contributed by atoms with E-state index in [1.165, 1.54) is 64.2 Å². The van der Waals surface area contributed by atoms with Gasteiger partial charge in [-0.1, -0.05) is 76.7 Å². The Kier molecular flexibility index (Phi) is 10.7. The molecule has 1 saturated carbocycles. The van der Waals surface area contributed by atoms with Gasteiger partial charge in [0.1, 0.15) is 0 Å². The molecule has 2 atom stereocenters. The minimum atomic E-state index is 0. The first-order chi connectivity index (χ1) is 11.4. The molecule has 142 valence electrons. The summed E-state index contributed by atoms with van der Waals surface area (Å²) in [5, 5.41) is 0. The second kappa shape index (κ2) is 11.9. The second-order valence-corrected chi connectivity index (χ2v) is 9.23. The predicted octanol–water partition coefficient (Wildman–Crippen LogP) is 8.58. The van der Waals surface area contributed by atoms with Gasteiger partial charge in [-0.05, 0) is 76.0 Å². The fraction of sp³-hybridized carbons (Fsp3) is 0.833. The summed E-state index contributed by atoms with van der Waals surface area (Å²) < 4.78 is 0. The Bertz CT molecular complexity index is 347. The summed E-state index contributed by atoms with van der Waals surface area (Å²) in [4.78, 5) is 0. The molecule has 3 aliphatic carbocycles. The minimum absolute atomic E-state index is 0. The van der Waals surface area contributed by atoms with Crippen molar-refractivity contribution in [1.82, 2.24) is 0 Å². The molecule has 3 aliphatic rings. The summed E-state index contributed by atoms with van der Waals surface area (Å²) in [6, 6.07) is 0. The first-order valence-corrected chi connectivity index (χ1v) is 10.7. The molecule has 24 heavy (non-hydrogen) atoms. The average molecular weight is 335 g/mol. The van der Waals surface area contributed by atoms with Gasteiger partial charge in [0.15, 0.2) is 0 Å². The van der Waals surface area contributed by atoms with E-state index in [4.69, 9.17) is 0 Å². The number of allylic oxidation sites excluding steroid dienone is 4. The van der Waals surface area contributed by atoms with Crippen molar-refractivity contribution < 1.29 is 1.43 Å². The van der Waals surface area contributed by atoms with Crippen molar-refractivity contribution >= 4 is 0 Å². The molecular formula is C24H46. The van der Waals surface area contributed by atoms with Crippen LogP contribution in [-0.2, 0) is 0 Å². The van der Waals surface area contributed by atoms with Gasteiger partial charge in [-0.25, -0.2) is 0 Å². The summed E-state index contributed by atoms with van der Waals surface area (Å²) in [6.45, 7) is 13.8. The van der Waals surface area contributed by atoms with Crippen LogP contribution in [0.4, 0.5) is 0 Å². The van der Waals surface area contributed by atoms with Gasteiger partial charge in [0.2, 0.25) is 0 Å². The van der Waals surface area contributed by atoms with E-state index in [1.807, 2.05) is 0 Å². The fourth-order valence-corrected chi connectivity index (χ4v) is 3.62. The van der Waals surface area contributed by atoms with Gasteiger partial charge in [-0.2, -0.15) is 0 Å². The van der Waals surface area contributed by atoms with Gasteiger partial charge in [0.05, 0.1) is 0 Å². The van der Waals surface area contributed by atoms with Crippen molar-refractivity contribution in [2.24, 2.45) is 23.7 Å². The van der Waals surface area contributed by atoms with Crippen molar-refractivity contribution in [3.63, 3.8) is 0 Å². The van der Waals surface area contributed by atoms with Crippen molar-refractivity contribution in [1.29, 1.82) is 0 Å². The lowest BCUT2D eigenvalue weighted by atomic mass is 9.84. The molecule has 0 spiro atoms. The Labute approximate surface area is 154 Å². The average Bonchev–Trinajstić information content (AvgIpc) is 2.57. The van der Waals surface area contributed by atoms with Crippen molar-refractivity contribution in [3.05, 3.63) is 23.3 Å². The number of rotatable bonds is 0. The molecule has 0 heteroatoms. The molecule has 2 unspecified atom stereocenters. The van der Waals surface area contributed by atoms with Crippen LogP contribution in [0.15, 0.2) is 23.3 Å². The third-order valence-electron chi connectivity index (χ3n) is 6.10. The van der Waals surface area contributed by atoms with E-state index >= 15 is 0 Å². The molecule has 0 aromatic rings. The monoisotopic (exact) mass is 334 g/mol. The lowest BCUT2D eigenvalue weighted by molar-refractivity contribution is 0.308. The zero-order valence-electron chi connectivity index (χ0n) is 17.5. The quantitative estimate of drug-likeness (QED) is 0.389. The van der Waals surface area contributed by atoms with Crippen LogP contribution in [0.3, 0.4) is 0 Å². The van der Waals surface area contributed by atoms with Crippen LogP contribution in [0.5, 0.6) is 0 Å². The third kappa shape index (κ3) is 10.4. The summed E-state index contributed by atoms with van der Waals surface area (Å²) >= 11 is 0. The molecule has 0 aromatic heterocycles. The van der Waals surface area contributed by atoms with E-state index in [2.05, 4.69) is 53.7 Å². The highest BCUT2D eigenvalue weighted by atomic mass is 14.2. The lowest BCUT2D eigenvalue weighted by Crippen LogP contribution is -2.08. The van der Waals surface area contributed by atoms with Gasteiger partial charge >= 0.3 is 0 Å². The largest absolute Gasteiger partial charge is 0.0853 e. The zero-order chi connectivity index (χ0) is 17.9. The van der Waals surface area contributed by atoms with E-state index in [1.54, 1.807) is 11.1 Å². The molecule has 0 saturated heterocycles. The Morgan fingerprint density at radius 2 is 0.917 bits per heavy atom. The molecule has 3 rings (SSSR count). The highest BCUT2D eigenvalue weighted by molar-refractivity contribution is 5.02. The van der Waals surface area contributed by atoms with Gasteiger partial charge in [0.25, 0.3) is 0 Å². The van der Waals surface area contributed by atoms with Crippen LogP contribution >= 0.6 is 0 Å². The predicted molar refractivity (Wildman–Crippen MR) is 112 cm³/mol. The summed E-state index contributed by atoms with van der Waals surface area (Å²) in [5.74, 6) is 3.93. The first-order valence-electron chi connectivity index (χ1n) is 10.7. The smallest absolute Gasteiger partial charge is 0 e. The van der Waals surface area contributed by atoms with Crippen LogP contribution in [0.25, 0.3) is 0 Å². The number of hydrogen-bond donors (Lipinski definition) is 0. The Morgan fingerprint density at radius 1 is 0.583 bits per heavy atom. The van der Waals surface area contributed by atoms with Crippen LogP contribution < -0.4 is 0 Å². The highest BCUT2D eigenvalue weighted by Crippen LogP contribution is 2.27. The topological polar surface area (TPSA) is 0 Å². The summed E-state index contributed by atoms with van der Waals surface area (Å²) in [6.07, 6.45) is 18.7. The third-order valence-corrected chi connectivity index (χ3v) is 6.10. The molecule has 0 nitrogen and oxygen atoms in total. The number of hydrogen-bond acceptors (Lipinski definition) is 0. The van der Waals surface area contributed by atoms with Gasteiger partial charge in [-0.15, -0.1) is 0 Å². The van der Waals surface area contributed by atoms with E-state index in [0.29, 0.717) is 0 Å². The minimum Gasteiger partial charge on any atom is -0.0853 e. The fourth-order valence-electron chi connectivity index (χ4n) is 3.62. The zero-order valence-corrected chi connectivity index (χ0v) is 17.5. The van der Waals surface area contributed by atoms with Gasteiger partial charge in [-0.3, -0.25) is 0 Å². The van der Waals surface area contributed by atoms with Crippen molar-refractivity contribution in [2.45, 2.75) is 106 Å². The molecule has 0 amide bonds. The van der Waals surface area contributed by atoms with Crippen LogP contribution in [0.2, 0.25) is 0 Å². The van der Waals surface area contributed by atoms with E-state index in [-0.39, 0.29) is 1.43 Å². The lowest BCUT2D eigenvalue weighted by Gasteiger charge is -2.22. The molecule has 0 aromatic carbocycles. The maximum Gasteiger partial charge on any atom is 0 e. The molecular weight excluding hydrogens is 288 g/mol. The Morgan fingerprint density at radius 3 is 1.12 bits per heavy atom. The van der Waals surface area contributed by atoms with E-state index in [0.717, 1.165) is 23.7 Å². The molecule has 0 radical (unpaired) electrons. The molecule has 1 fully saturated rings. The summed E-state index contributed by atoms with van der Waals surface area (Å²) in [5.41, 5.74) is 3.17. The standard InChI is InChI=1S/C8H16.2C8H14.H2/c3*1-7-3-5-8(2)6-4-7;/h7-8H,3-6H2,1-2H3;2*3,8H,4-6H2,1-2H3;1H. The Hall–Kier alpha value is -0.520. The SMILES string of the molecule is CC1=CCC(C)CC1.CC1=CCC(C)CC1.CC1CCC(C)CC1.[HH]. The molecule has 0 bridgehead atoms.